The number of aryl methyl sites for hydroxylation is 1. The van der Waals surface area contributed by atoms with E-state index in [-0.39, 0.29) is 5.78 Å². The molecule has 0 atom stereocenters. The van der Waals surface area contributed by atoms with Crippen LogP contribution in [0.15, 0.2) is 46.3 Å². The van der Waals surface area contributed by atoms with Crippen LogP contribution in [0.3, 0.4) is 0 Å². The number of thiophene rings is 1. The van der Waals surface area contributed by atoms with E-state index in [1.165, 1.54) is 0 Å². The van der Waals surface area contributed by atoms with Crippen molar-refractivity contribution in [3.8, 4) is 0 Å². The van der Waals surface area contributed by atoms with E-state index in [1.807, 2.05) is 48.7 Å². The Labute approximate surface area is 113 Å². The highest BCUT2D eigenvalue weighted by molar-refractivity contribution is 9.10. The summed E-state index contributed by atoms with van der Waals surface area (Å²) in [6.07, 6.45) is 3.46. The van der Waals surface area contributed by atoms with Crippen molar-refractivity contribution in [3.63, 3.8) is 0 Å². The molecule has 0 aliphatic heterocycles. The standard InChI is InChI=1S/C14H11BrOS/c1-10-2-4-11(5-3-10)14(16)7-6-13-8-12(15)9-17-13/h2-9H,1H3. The smallest absolute Gasteiger partial charge is 0.185 e. The molecule has 0 amide bonds. The summed E-state index contributed by atoms with van der Waals surface area (Å²) in [5.74, 6) is 0.0366. The van der Waals surface area contributed by atoms with Gasteiger partial charge in [0.15, 0.2) is 5.78 Å². The van der Waals surface area contributed by atoms with Crippen molar-refractivity contribution in [2.45, 2.75) is 6.92 Å². The Morgan fingerprint density at radius 2 is 2.00 bits per heavy atom. The van der Waals surface area contributed by atoms with Gasteiger partial charge in [-0.05, 0) is 41.1 Å². The van der Waals surface area contributed by atoms with Crippen LogP contribution in [-0.2, 0) is 0 Å². The van der Waals surface area contributed by atoms with Gasteiger partial charge in [0, 0.05) is 20.3 Å². The van der Waals surface area contributed by atoms with E-state index in [2.05, 4.69) is 15.9 Å². The quantitative estimate of drug-likeness (QED) is 0.592. The van der Waals surface area contributed by atoms with Gasteiger partial charge in [0.2, 0.25) is 0 Å². The lowest BCUT2D eigenvalue weighted by molar-refractivity contribution is 0.104. The zero-order valence-corrected chi connectivity index (χ0v) is 11.7. The van der Waals surface area contributed by atoms with Crippen LogP contribution >= 0.6 is 27.3 Å². The molecule has 86 valence electrons. The van der Waals surface area contributed by atoms with Gasteiger partial charge in [-0.3, -0.25) is 4.79 Å². The summed E-state index contributed by atoms with van der Waals surface area (Å²) in [6.45, 7) is 2.01. The summed E-state index contributed by atoms with van der Waals surface area (Å²) in [5.41, 5.74) is 1.88. The minimum atomic E-state index is 0.0366. The van der Waals surface area contributed by atoms with Gasteiger partial charge in [0.1, 0.15) is 0 Å². The van der Waals surface area contributed by atoms with Crippen LogP contribution in [0.25, 0.3) is 6.08 Å². The lowest BCUT2D eigenvalue weighted by Crippen LogP contribution is -1.93. The SMILES string of the molecule is Cc1ccc(C(=O)C=Cc2cc(Br)cs2)cc1. The van der Waals surface area contributed by atoms with E-state index >= 15 is 0 Å². The topological polar surface area (TPSA) is 17.1 Å². The number of allylic oxidation sites excluding steroid dienone is 1. The van der Waals surface area contributed by atoms with Crippen LogP contribution in [0, 0.1) is 6.92 Å². The molecule has 1 nitrogen and oxygen atoms in total. The first-order chi connectivity index (χ1) is 8.15. The van der Waals surface area contributed by atoms with Gasteiger partial charge in [-0.2, -0.15) is 0 Å². The fourth-order valence-corrected chi connectivity index (χ4v) is 2.72. The molecular weight excluding hydrogens is 296 g/mol. The molecule has 0 saturated carbocycles. The predicted molar refractivity (Wildman–Crippen MR) is 76.6 cm³/mol. The molecule has 0 N–H and O–H groups in total. The number of ketones is 1. The van der Waals surface area contributed by atoms with Crippen molar-refractivity contribution >= 4 is 39.1 Å². The molecule has 1 aromatic carbocycles. The molecule has 1 heterocycles. The molecule has 2 aromatic rings. The fourth-order valence-electron chi connectivity index (χ4n) is 1.39. The Morgan fingerprint density at radius 1 is 1.29 bits per heavy atom. The first-order valence-electron chi connectivity index (χ1n) is 5.18. The number of halogens is 1. The Balaban J connectivity index is 2.11. The van der Waals surface area contributed by atoms with Crippen LogP contribution < -0.4 is 0 Å². The number of carbonyl (C=O) groups excluding carboxylic acids is 1. The van der Waals surface area contributed by atoms with Gasteiger partial charge in [0.25, 0.3) is 0 Å². The summed E-state index contributed by atoms with van der Waals surface area (Å²) >= 11 is 4.99. The summed E-state index contributed by atoms with van der Waals surface area (Å²) < 4.78 is 1.05. The van der Waals surface area contributed by atoms with Crippen molar-refractivity contribution < 1.29 is 4.79 Å². The predicted octanol–water partition coefficient (Wildman–Crippen LogP) is 4.72. The van der Waals surface area contributed by atoms with Gasteiger partial charge < -0.3 is 0 Å². The summed E-state index contributed by atoms with van der Waals surface area (Å²) in [5, 5.41) is 2.00. The van der Waals surface area contributed by atoms with E-state index in [0.717, 1.165) is 20.5 Å². The molecule has 0 spiro atoms. The summed E-state index contributed by atoms with van der Waals surface area (Å²) in [4.78, 5) is 12.9. The van der Waals surface area contributed by atoms with Crippen molar-refractivity contribution in [1.29, 1.82) is 0 Å². The average molecular weight is 307 g/mol. The van der Waals surface area contributed by atoms with Crippen LogP contribution in [0.4, 0.5) is 0 Å². The Morgan fingerprint density at radius 3 is 2.59 bits per heavy atom. The molecule has 2 rings (SSSR count). The van der Waals surface area contributed by atoms with E-state index in [9.17, 15) is 4.79 Å². The maximum atomic E-state index is 11.8. The number of hydrogen-bond donors (Lipinski definition) is 0. The second-order valence-corrected chi connectivity index (χ2v) is 5.59. The lowest BCUT2D eigenvalue weighted by Gasteiger charge is -1.96. The summed E-state index contributed by atoms with van der Waals surface area (Å²) in [7, 11) is 0. The maximum Gasteiger partial charge on any atom is 0.185 e. The van der Waals surface area contributed by atoms with E-state index in [0.29, 0.717) is 0 Å². The van der Waals surface area contributed by atoms with Crippen molar-refractivity contribution in [3.05, 3.63) is 62.3 Å². The van der Waals surface area contributed by atoms with Crippen LogP contribution in [-0.4, -0.2) is 5.78 Å². The highest BCUT2D eigenvalue weighted by Gasteiger charge is 2.01. The first-order valence-corrected chi connectivity index (χ1v) is 6.85. The van der Waals surface area contributed by atoms with Gasteiger partial charge in [-0.25, -0.2) is 0 Å². The van der Waals surface area contributed by atoms with Crippen LogP contribution in [0.1, 0.15) is 20.8 Å². The molecule has 0 radical (unpaired) electrons. The Bertz CT molecular complexity index is 552. The minimum Gasteiger partial charge on any atom is -0.289 e. The number of benzene rings is 1. The highest BCUT2D eigenvalue weighted by Crippen LogP contribution is 2.21. The van der Waals surface area contributed by atoms with E-state index < -0.39 is 0 Å². The summed E-state index contributed by atoms with van der Waals surface area (Å²) in [6, 6.07) is 9.59. The molecule has 17 heavy (non-hydrogen) atoms. The monoisotopic (exact) mass is 306 g/mol. The van der Waals surface area contributed by atoms with Crippen molar-refractivity contribution in [1.82, 2.24) is 0 Å². The van der Waals surface area contributed by atoms with Gasteiger partial charge in [0.05, 0.1) is 0 Å². The third-order valence-corrected chi connectivity index (χ3v) is 3.98. The second-order valence-electron chi connectivity index (χ2n) is 3.73. The molecule has 0 saturated heterocycles. The first kappa shape index (κ1) is 12.3. The molecule has 1 aromatic heterocycles. The third kappa shape index (κ3) is 3.38. The Kier molecular flexibility index (Phi) is 3.92. The molecule has 0 unspecified atom stereocenters. The normalized spacial score (nSPS) is 10.9. The van der Waals surface area contributed by atoms with Crippen molar-refractivity contribution in [2.75, 3.05) is 0 Å². The average Bonchev–Trinajstić information content (AvgIpc) is 2.73. The number of carbonyl (C=O) groups is 1. The fraction of sp³-hybridized carbons (Fsp3) is 0.0714. The second kappa shape index (κ2) is 5.43. The molecule has 0 fully saturated rings. The zero-order valence-electron chi connectivity index (χ0n) is 9.31. The molecule has 0 bridgehead atoms. The highest BCUT2D eigenvalue weighted by atomic mass is 79.9. The number of rotatable bonds is 3. The lowest BCUT2D eigenvalue weighted by atomic mass is 10.1. The number of hydrogen-bond acceptors (Lipinski definition) is 2. The van der Waals surface area contributed by atoms with Gasteiger partial charge >= 0.3 is 0 Å². The third-order valence-electron chi connectivity index (χ3n) is 2.32. The van der Waals surface area contributed by atoms with Crippen LogP contribution in [0.5, 0.6) is 0 Å². The largest absolute Gasteiger partial charge is 0.289 e. The maximum absolute atomic E-state index is 11.8. The molecule has 3 heteroatoms. The molecule has 0 aliphatic carbocycles. The minimum absolute atomic E-state index is 0.0366. The molecule has 0 aliphatic rings. The van der Waals surface area contributed by atoms with E-state index in [1.54, 1.807) is 17.4 Å². The molecular formula is C14H11BrOS. The van der Waals surface area contributed by atoms with E-state index in [4.69, 9.17) is 0 Å². The Hall–Kier alpha value is -1.19. The zero-order chi connectivity index (χ0) is 12.3. The van der Waals surface area contributed by atoms with Gasteiger partial charge in [-0.15, -0.1) is 11.3 Å². The van der Waals surface area contributed by atoms with Crippen LogP contribution in [0.2, 0.25) is 0 Å². The van der Waals surface area contributed by atoms with Gasteiger partial charge in [-0.1, -0.05) is 29.8 Å². The van der Waals surface area contributed by atoms with Crippen molar-refractivity contribution in [2.24, 2.45) is 0 Å².